The topological polar surface area (TPSA) is 42.0 Å². The highest BCUT2D eigenvalue weighted by Crippen LogP contribution is 2.32. The maximum Gasteiger partial charge on any atom is 0.267 e. The van der Waals surface area contributed by atoms with Gasteiger partial charge in [-0.3, -0.25) is 4.79 Å². The Labute approximate surface area is 126 Å². The first-order valence-electron chi connectivity index (χ1n) is 5.28. The van der Waals surface area contributed by atoms with E-state index in [9.17, 15) is 9.18 Å². The molecule has 100 valence electrons. The number of aromatic nitrogens is 1. The van der Waals surface area contributed by atoms with Gasteiger partial charge in [0.15, 0.2) is 0 Å². The highest BCUT2D eigenvalue weighted by Gasteiger charge is 2.17. The molecule has 0 unspecified atom stereocenters. The predicted molar refractivity (Wildman–Crippen MR) is 78.7 cm³/mol. The fourth-order valence-electron chi connectivity index (χ4n) is 1.57. The van der Waals surface area contributed by atoms with Crippen LogP contribution in [0.2, 0.25) is 5.02 Å². The number of halogens is 3. The van der Waals surface area contributed by atoms with Crippen LogP contribution in [0.15, 0.2) is 16.6 Å². The maximum absolute atomic E-state index is 13.1. The van der Waals surface area contributed by atoms with Crippen molar-refractivity contribution in [3.63, 3.8) is 0 Å². The lowest BCUT2D eigenvalue weighted by Gasteiger charge is -2.09. The molecule has 19 heavy (non-hydrogen) atoms. The summed E-state index contributed by atoms with van der Waals surface area (Å²) in [5, 5.41) is 3.61. The second kappa shape index (κ2) is 5.56. The van der Waals surface area contributed by atoms with Gasteiger partial charge in [0.05, 0.1) is 21.4 Å². The molecular formula is C12H9BrClFN2OS. The number of amides is 1. The van der Waals surface area contributed by atoms with Crippen molar-refractivity contribution in [2.24, 2.45) is 0 Å². The zero-order valence-corrected chi connectivity index (χ0v) is 13.2. The monoisotopic (exact) mass is 362 g/mol. The zero-order valence-electron chi connectivity index (χ0n) is 10.1. The van der Waals surface area contributed by atoms with E-state index < -0.39 is 5.82 Å². The number of benzene rings is 1. The molecule has 0 aliphatic rings. The van der Waals surface area contributed by atoms with Gasteiger partial charge in [-0.25, -0.2) is 9.37 Å². The van der Waals surface area contributed by atoms with E-state index in [-0.39, 0.29) is 10.9 Å². The first-order valence-corrected chi connectivity index (χ1v) is 7.27. The Bertz CT molecular complexity index is 636. The number of thiazole rings is 1. The molecule has 1 heterocycles. The average Bonchev–Trinajstić information content (AvgIpc) is 2.62. The standard InChI is InChI=1S/C12H9BrClFN2OS/c1-5-11(19-6(2)16-5)12(18)17-10-8(13)3-7(15)4-9(10)14/h3-4H,1-2H3,(H,17,18). The summed E-state index contributed by atoms with van der Waals surface area (Å²) in [7, 11) is 0. The Kier molecular flexibility index (Phi) is 4.23. The molecule has 0 aliphatic carbocycles. The lowest BCUT2D eigenvalue weighted by Crippen LogP contribution is -2.12. The molecule has 1 amide bonds. The van der Waals surface area contributed by atoms with Crippen molar-refractivity contribution in [2.75, 3.05) is 5.32 Å². The fourth-order valence-corrected chi connectivity index (χ4v) is 3.29. The number of aryl methyl sites for hydroxylation is 2. The minimum atomic E-state index is -0.473. The Balaban J connectivity index is 2.32. The molecule has 0 spiro atoms. The van der Waals surface area contributed by atoms with Gasteiger partial charge < -0.3 is 5.32 Å². The van der Waals surface area contributed by atoms with Gasteiger partial charge in [0.1, 0.15) is 10.7 Å². The summed E-state index contributed by atoms with van der Waals surface area (Å²) >= 11 is 10.4. The normalized spacial score (nSPS) is 10.6. The molecule has 0 saturated carbocycles. The fraction of sp³-hybridized carbons (Fsp3) is 0.167. The summed E-state index contributed by atoms with van der Waals surface area (Å²) < 4.78 is 13.5. The van der Waals surface area contributed by atoms with Crippen LogP contribution < -0.4 is 5.32 Å². The quantitative estimate of drug-likeness (QED) is 0.849. The Morgan fingerprint density at radius 3 is 2.68 bits per heavy atom. The molecule has 1 aromatic carbocycles. The van der Waals surface area contributed by atoms with Crippen LogP contribution in [0.25, 0.3) is 0 Å². The average molecular weight is 364 g/mol. The SMILES string of the molecule is Cc1nc(C)c(C(=O)Nc2c(Cl)cc(F)cc2Br)s1. The number of nitrogens with one attached hydrogen (secondary N) is 1. The minimum Gasteiger partial charge on any atom is -0.319 e. The first-order chi connectivity index (χ1) is 8.88. The number of carbonyl (C=O) groups excluding carboxylic acids is 1. The van der Waals surface area contributed by atoms with Gasteiger partial charge in [-0.05, 0) is 41.9 Å². The van der Waals surface area contributed by atoms with Crippen molar-refractivity contribution in [2.45, 2.75) is 13.8 Å². The van der Waals surface area contributed by atoms with Crippen LogP contribution in [-0.4, -0.2) is 10.9 Å². The first kappa shape index (κ1) is 14.4. The summed E-state index contributed by atoms with van der Waals surface area (Å²) in [6, 6.07) is 2.39. The summed E-state index contributed by atoms with van der Waals surface area (Å²) in [6.45, 7) is 3.59. The number of rotatable bonds is 2. The molecule has 2 rings (SSSR count). The minimum absolute atomic E-state index is 0.138. The third kappa shape index (κ3) is 3.13. The zero-order chi connectivity index (χ0) is 14.2. The van der Waals surface area contributed by atoms with Gasteiger partial charge in [0, 0.05) is 4.47 Å². The van der Waals surface area contributed by atoms with E-state index in [1.54, 1.807) is 6.92 Å². The van der Waals surface area contributed by atoms with E-state index in [4.69, 9.17) is 11.6 Å². The molecular weight excluding hydrogens is 355 g/mol. The Hall–Kier alpha value is -0.980. The van der Waals surface area contributed by atoms with Crippen LogP contribution in [0.1, 0.15) is 20.4 Å². The molecule has 1 N–H and O–H groups in total. The number of hydrogen-bond acceptors (Lipinski definition) is 3. The number of hydrogen-bond donors (Lipinski definition) is 1. The molecule has 0 bridgehead atoms. The van der Waals surface area contributed by atoms with Crippen molar-refractivity contribution in [3.05, 3.63) is 43.0 Å². The van der Waals surface area contributed by atoms with Crippen LogP contribution in [0.3, 0.4) is 0 Å². The van der Waals surface area contributed by atoms with Crippen molar-refractivity contribution < 1.29 is 9.18 Å². The van der Waals surface area contributed by atoms with Crippen LogP contribution in [0, 0.1) is 19.7 Å². The maximum atomic E-state index is 13.1. The number of nitrogens with zero attached hydrogens (tertiary/aromatic N) is 1. The third-order valence-electron chi connectivity index (χ3n) is 2.36. The molecule has 0 radical (unpaired) electrons. The van der Waals surface area contributed by atoms with E-state index in [1.807, 2.05) is 6.92 Å². The van der Waals surface area contributed by atoms with E-state index in [0.717, 1.165) is 11.1 Å². The molecule has 0 atom stereocenters. The molecule has 0 saturated heterocycles. The summed E-state index contributed by atoms with van der Waals surface area (Å²) in [5.41, 5.74) is 1.01. The highest BCUT2D eigenvalue weighted by atomic mass is 79.9. The highest BCUT2D eigenvalue weighted by molar-refractivity contribution is 9.10. The van der Waals surface area contributed by atoms with Crippen molar-refractivity contribution >= 4 is 50.5 Å². The van der Waals surface area contributed by atoms with Crippen molar-refractivity contribution in [3.8, 4) is 0 Å². The number of carbonyl (C=O) groups is 1. The van der Waals surface area contributed by atoms with E-state index in [2.05, 4.69) is 26.2 Å². The Morgan fingerprint density at radius 1 is 1.47 bits per heavy atom. The van der Waals surface area contributed by atoms with E-state index in [1.165, 1.54) is 17.4 Å². The van der Waals surface area contributed by atoms with Gasteiger partial charge >= 0.3 is 0 Å². The number of anilines is 1. The van der Waals surface area contributed by atoms with Gasteiger partial charge in [0.2, 0.25) is 0 Å². The Morgan fingerprint density at radius 2 is 2.16 bits per heavy atom. The lowest BCUT2D eigenvalue weighted by molar-refractivity contribution is 0.102. The van der Waals surface area contributed by atoms with Crippen molar-refractivity contribution in [1.82, 2.24) is 4.98 Å². The second-order valence-corrected chi connectivity index (χ2v) is 6.31. The second-order valence-electron chi connectivity index (χ2n) is 3.85. The third-order valence-corrected chi connectivity index (χ3v) is 4.35. The molecule has 1 aromatic heterocycles. The molecule has 7 heteroatoms. The van der Waals surface area contributed by atoms with Crippen LogP contribution >= 0.6 is 38.9 Å². The smallest absolute Gasteiger partial charge is 0.267 e. The van der Waals surface area contributed by atoms with Crippen molar-refractivity contribution in [1.29, 1.82) is 0 Å². The summed E-state index contributed by atoms with van der Waals surface area (Å²) in [4.78, 5) is 16.8. The lowest BCUT2D eigenvalue weighted by atomic mass is 10.3. The molecule has 3 nitrogen and oxygen atoms in total. The molecule has 0 fully saturated rings. The summed E-state index contributed by atoms with van der Waals surface area (Å²) in [6.07, 6.45) is 0. The van der Waals surface area contributed by atoms with Crippen LogP contribution in [-0.2, 0) is 0 Å². The molecule has 2 aromatic rings. The largest absolute Gasteiger partial charge is 0.319 e. The van der Waals surface area contributed by atoms with E-state index >= 15 is 0 Å². The van der Waals surface area contributed by atoms with Gasteiger partial charge in [-0.15, -0.1) is 11.3 Å². The van der Waals surface area contributed by atoms with E-state index in [0.29, 0.717) is 20.7 Å². The van der Waals surface area contributed by atoms with Gasteiger partial charge in [-0.2, -0.15) is 0 Å². The van der Waals surface area contributed by atoms with Crippen LogP contribution in [0.4, 0.5) is 10.1 Å². The van der Waals surface area contributed by atoms with Crippen LogP contribution in [0.5, 0.6) is 0 Å². The van der Waals surface area contributed by atoms with Gasteiger partial charge in [-0.1, -0.05) is 11.6 Å². The summed E-state index contributed by atoms with van der Waals surface area (Å²) in [5.74, 6) is -0.781. The van der Waals surface area contributed by atoms with Gasteiger partial charge in [0.25, 0.3) is 5.91 Å². The molecule has 0 aliphatic heterocycles. The predicted octanol–water partition coefficient (Wildman–Crippen LogP) is 4.57.